The Hall–Kier alpha value is -0.980. The molecule has 1 aromatic carbocycles. The van der Waals surface area contributed by atoms with Crippen molar-refractivity contribution >= 4 is 10.0 Å². The molecule has 1 heterocycles. The number of hydrogen-bond acceptors (Lipinski definition) is 3. The maximum atomic E-state index is 12.7. The maximum Gasteiger partial charge on any atom is 0.216 e. The topological polar surface area (TPSA) is 58.2 Å². The lowest BCUT2D eigenvalue weighted by molar-refractivity contribution is 0.428. The summed E-state index contributed by atoms with van der Waals surface area (Å²) in [4.78, 5) is 0. The van der Waals surface area contributed by atoms with Crippen molar-refractivity contribution in [2.45, 2.75) is 24.6 Å². The first-order chi connectivity index (χ1) is 8.55. The molecule has 0 aliphatic carbocycles. The molecule has 2 rings (SSSR count). The van der Waals surface area contributed by atoms with E-state index in [-0.39, 0.29) is 17.6 Å². The van der Waals surface area contributed by atoms with Crippen LogP contribution in [0, 0.1) is 5.82 Å². The van der Waals surface area contributed by atoms with Gasteiger partial charge in [0.15, 0.2) is 0 Å². The lowest BCUT2D eigenvalue weighted by Gasteiger charge is -2.23. The summed E-state index contributed by atoms with van der Waals surface area (Å²) in [5, 5.41) is 3.15. The molecule has 100 valence electrons. The van der Waals surface area contributed by atoms with E-state index in [0.29, 0.717) is 12.1 Å². The van der Waals surface area contributed by atoms with Gasteiger partial charge in [-0.25, -0.2) is 17.5 Å². The SMILES string of the molecule is O=S(=O)(Cc1ccc(F)cc1)N[C@H]1CCCNC1. The number of rotatable bonds is 4. The highest BCUT2D eigenvalue weighted by molar-refractivity contribution is 7.88. The lowest BCUT2D eigenvalue weighted by atomic mass is 10.1. The van der Waals surface area contributed by atoms with E-state index < -0.39 is 10.0 Å². The Labute approximate surface area is 107 Å². The molecule has 1 saturated heterocycles. The van der Waals surface area contributed by atoms with Crippen LogP contribution in [0.3, 0.4) is 0 Å². The largest absolute Gasteiger partial charge is 0.315 e. The van der Waals surface area contributed by atoms with Crippen LogP contribution in [0.4, 0.5) is 4.39 Å². The first kappa shape index (κ1) is 13.5. The van der Waals surface area contributed by atoms with Gasteiger partial charge in [-0.05, 0) is 37.1 Å². The summed E-state index contributed by atoms with van der Waals surface area (Å²) in [5.41, 5.74) is 0.590. The smallest absolute Gasteiger partial charge is 0.216 e. The van der Waals surface area contributed by atoms with E-state index in [1.807, 2.05) is 0 Å². The fourth-order valence-corrected chi connectivity index (χ4v) is 3.47. The number of benzene rings is 1. The first-order valence-corrected chi connectivity index (χ1v) is 7.65. The van der Waals surface area contributed by atoms with E-state index in [1.54, 1.807) is 0 Å². The van der Waals surface area contributed by atoms with Gasteiger partial charge in [0.2, 0.25) is 10.0 Å². The minimum Gasteiger partial charge on any atom is -0.315 e. The van der Waals surface area contributed by atoms with Gasteiger partial charge in [0.1, 0.15) is 5.82 Å². The van der Waals surface area contributed by atoms with E-state index in [2.05, 4.69) is 10.0 Å². The minimum atomic E-state index is -3.36. The van der Waals surface area contributed by atoms with Crippen LogP contribution in [0.2, 0.25) is 0 Å². The van der Waals surface area contributed by atoms with Gasteiger partial charge in [0, 0.05) is 12.6 Å². The highest BCUT2D eigenvalue weighted by Gasteiger charge is 2.20. The van der Waals surface area contributed by atoms with Gasteiger partial charge in [-0.1, -0.05) is 12.1 Å². The summed E-state index contributed by atoms with van der Waals surface area (Å²) in [7, 11) is -3.36. The van der Waals surface area contributed by atoms with Crippen LogP contribution in [-0.2, 0) is 15.8 Å². The second-order valence-electron chi connectivity index (χ2n) is 4.55. The third kappa shape index (κ3) is 4.04. The second-order valence-corrected chi connectivity index (χ2v) is 6.30. The Morgan fingerprint density at radius 2 is 2.06 bits per heavy atom. The zero-order valence-corrected chi connectivity index (χ0v) is 10.8. The summed E-state index contributed by atoms with van der Waals surface area (Å²) in [6.45, 7) is 1.61. The van der Waals surface area contributed by atoms with E-state index in [1.165, 1.54) is 24.3 Å². The quantitative estimate of drug-likeness (QED) is 0.859. The molecule has 0 unspecified atom stereocenters. The number of hydrogen-bond donors (Lipinski definition) is 2. The molecule has 0 spiro atoms. The molecule has 18 heavy (non-hydrogen) atoms. The van der Waals surface area contributed by atoms with Crippen molar-refractivity contribution in [2.24, 2.45) is 0 Å². The van der Waals surface area contributed by atoms with Crippen LogP contribution in [-0.4, -0.2) is 27.5 Å². The Balaban J connectivity index is 1.96. The predicted molar refractivity (Wildman–Crippen MR) is 68.1 cm³/mol. The molecule has 1 aliphatic heterocycles. The van der Waals surface area contributed by atoms with Crippen LogP contribution in [0.1, 0.15) is 18.4 Å². The van der Waals surface area contributed by atoms with E-state index >= 15 is 0 Å². The molecule has 1 fully saturated rings. The van der Waals surface area contributed by atoms with Gasteiger partial charge in [0.25, 0.3) is 0 Å². The number of sulfonamides is 1. The molecule has 0 bridgehead atoms. The van der Waals surface area contributed by atoms with Crippen LogP contribution in [0.15, 0.2) is 24.3 Å². The Bertz CT molecular complexity index is 481. The number of halogens is 1. The molecular weight excluding hydrogens is 255 g/mol. The van der Waals surface area contributed by atoms with Crippen molar-refractivity contribution in [2.75, 3.05) is 13.1 Å². The Kier molecular flexibility index (Phi) is 4.31. The Morgan fingerprint density at radius 1 is 1.33 bits per heavy atom. The van der Waals surface area contributed by atoms with Crippen LogP contribution in [0.5, 0.6) is 0 Å². The van der Waals surface area contributed by atoms with Gasteiger partial charge >= 0.3 is 0 Å². The van der Waals surface area contributed by atoms with Crippen molar-refractivity contribution in [3.05, 3.63) is 35.6 Å². The summed E-state index contributed by atoms with van der Waals surface area (Å²) < 4.78 is 39.2. The van der Waals surface area contributed by atoms with Gasteiger partial charge in [-0.2, -0.15) is 0 Å². The monoisotopic (exact) mass is 272 g/mol. The molecule has 0 aromatic heterocycles. The van der Waals surface area contributed by atoms with Crippen LogP contribution >= 0.6 is 0 Å². The molecule has 6 heteroatoms. The van der Waals surface area contributed by atoms with Crippen LogP contribution in [0.25, 0.3) is 0 Å². The van der Waals surface area contributed by atoms with E-state index in [4.69, 9.17) is 0 Å². The minimum absolute atomic E-state index is 0.0378. The van der Waals surface area contributed by atoms with Crippen molar-refractivity contribution in [3.63, 3.8) is 0 Å². The van der Waals surface area contributed by atoms with E-state index in [9.17, 15) is 12.8 Å². The van der Waals surface area contributed by atoms with E-state index in [0.717, 1.165) is 19.4 Å². The van der Waals surface area contributed by atoms with Crippen LogP contribution < -0.4 is 10.0 Å². The first-order valence-electron chi connectivity index (χ1n) is 6.00. The maximum absolute atomic E-state index is 12.7. The molecule has 1 aliphatic rings. The average molecular weight is 272 g/mol. The predicted octanol–water partition coefficient (Wildman–Crippen LogP) is 0.997. The zero-order chi connectivity index (χ0) is 13.0. The summed E-state index contributed by atoms with van der Waals surface area (Å²) in [6, 6.07) is 5.49. The molecule has 1 aromatic rings. The second kappa shape index (κ2) is 5.77. The van der Waals surface area contributed by atoms with Crippen molar-refractivity contribution in [1.29, 1.82) is 0 Å². The van der Waals surface area contributed by atoms with Gasteiger partial charge < -0.3 is 5.32 Å². The number of nitrogens with one attached hydrogen (secondary N) is 2. The molecule has 0 amide bonds. The lowest BCUT2D eigenvalue weighted by Crippen LogP contribution is -2.45. The standard InChI is InChI=1S/C12H17FN2O2S/c13-11-5-3-10(4-6-11)9-18(16,17)15-12-2-1-7-14-8-12/h3-6,12,14-15H,1-2,7-9H2/t12-/m0/s1. The summed E-state index contributed by atoms with van der Waals surface area (Å²) >= 11 is 0. The van der Waals surface area contributed by atoms with Crippen molar-refractivity contribution in [1.82, 2.24) is 10.0 Å². The van der Waals surface area contributed by atoms with Gasteiger partial charge in [-0.3, -0.25) is 0 Å². The Morgan fingerprint density at radius 3 is 2.67 bits per heavy atom. The fraction of sp³-hybridized carbons (Fsp3) is 0.500. The van der Waals surface area contributed by atoms with Gasteiger partial charge in [0.05, 0.1) is 5.75 Å². The molecule has 4 nitrogen and oxygen atoms in total. The summed E-state index contributed by atoms with van der Waals surface area (Å²) in [6.07, 6.45) is 1.83. The third-order valence-corrected chi connectivity index (χ3v) is 4.32. The fourth-order valence-electron chi connectivity index (χ4n) is 2.05. The van der Waals surface area contributed by atoms with Gasteiger partial charge in [-0.15, -0.1) is 0 Å². The molecular formula is C12H17FN2O2S. The molecule has 2 N–H and O–H groups in total. The number of piperidine rings is 1. The molecule has 1 atom stereocenters. The summed E-state index contributed by atoms with van der Waals surface area (Å²) in [5.74, 6) is -0.468. The average Bonchev–Trinajstić information content (AvgIpc) is 2.32. The van der Waals surface area contributed by atoms with Crippen molar-refractivity contribution < 1.29 is 12.8 Å². The third-order valence-electron chi connectivity index (χ3n) is 2.91. The highest BCUT2D eigenvalue weighted by atomic mass is 32.2. The van der Waals surface area contributed by atoms with Crippen molar-refractivity contribution in [3.8, 4) is 0 Å². The molecule has 0 saturated carbocycles. The highest BCUT2D eigenvalue weighted by Crippen LogP contribution is 2.09. The normalized spacial score (nSPS) is 20.8. The molecule has 0 radical (unpaired) electrons. The zero-order valence-electron chi connectivity index (χ0n) is 10.0.